The van der Waals surface area contributed by atoms with E-state index in [0.717, 1.165) is 38.5 Å². The molecule has 1 N–H and O–H groups in total. The van der Waals surface area contributed by atoms with E-state index < -0.39 is 0 Å². The molecule has 2 heteroatoms. The lowest BCUT2D eigenvalue weighted by molar-refractivity contribution is 0.112. The van der Waals surface area contributed by atoms with Gasteiger partial charge in [-0.25, -0.2) is 0 Å². The van der Waals surface area contributed by atoms with Gasteiger partial charge in [-0.15, -0.1) is 0 Å². The summed E-state index contributed by atoms with van der Waals surface area (Å²) in [5, 5.41) is 3.62. The van der Waals surface area contributed by atoms with Crippen molar-refractivity contribution in [3.63, 3.8) is 0 Å². The molecule has 0 aliphatic heterocycles. The smallest absolute Gasteiger partial charge is 0.0661 e. The molecule has 112 valence electrons. The molecule has 1 unspecified atom stereocenters. The fourth-order valence-electron chi connectivity index (χ4n) is 2.71. The van der Waals surface area contributed by atoms with Gasteiger partial charge in [-0.05, 0) is 49.3 Å². The first-order valence-corrected chi connectivity index (χ1v) is 8.26. The van der Waals surface area contributed by atoms with E-state index in [1.165, 1.54) is 30.4 Å². The summed E-state index contributed by atoms with van der Waals surface area (Å²) in [6, 6.07) is 9.47. The lowest BCUT2D eigenvalue weighted by atomic mass is 9.79. The Morgan fingerprint density at radius 1 is 1.25 bits per heavy atom. The van der Waals surface area contributed by atoms with Crippen LogP contribution in [0.1, 0.15) is 69.0 Å². The predicted molar refractivity (Wildman–Crippen MR) is 85.2 cm³/mol. The Morgan fingerprint density at radius 3 is 2.75 bits per heavy atom. The van der Waals surface area contributed by atoms with Crippen LogP contribution in [-0.4, -0.2) is 19.8 Å². The number of nitrogens with one attached hydrogen (secondary N) is 1. The Kier molecular flexibility index (Phi) is 6.55. The van der Waals surface area contributed by atoms with E-state index >= 15 is 0 Å². The van der Waals surface area contributed by atoms with Crippen molar-refractivity contribution in [2.24, 2.45) is 0 Å². The molecule has 0 saturated heterocycles. The standard InChI is InChI=1S/C18H29NO/c1-3-11-19-18(14-20-12-4-2)17-10-6-9-16(13-17)15-7-5-8-15/h6,9-10,13,15,18-19H,3-5,7-8,11-12,14H2,1-2H3. The molecule has 0 spiro atoms. The number of benzene rings is 1. The quantitative estimate of drug-likeness (QED) is 0.674. The van der Waals surface area contributed by atoms with E-state index in [-0.39, 0.29) is 0 Å². The predicted octanol–water partition coefficient (Wildman–Crippen LogP) is 4.42. The molecule has 0 heterocycles. The zero-order valence-electron chi connectivity index (χ0n) is 13.0. The average Bonchev–Trinajstić information content (AvgIpc) is 2.41. The van der Waals surface area contributed by atoms with Crippen LogP contribution in [0.3, 0.4) is 0 Å². The number of ether oxygens (including phenoxy) is 1. The molecule has 1 aromatic carbocycles. The Labute approximate surface area is 123 Å². The Bertz CT molecular complexity index is 387. The van der Waals surface area contributed by atoms with Crippen LogP contribution >= 0.6 is 0 Å². The molecule has 1 aromatic rings. The SMILES string of the molecule is CCCNC(COCCC)c1cccc(C2CCC2)c1. The monoisotopic (exact) mass is 275 g/mol. The fourth-order valence-corrected chi connectivity index (χ4v) is 2.71. The molecule has 2 nitrogen and oxygen atoms in total. The Balaban J connectivity index is 2.01. The summed E-state index contributed by atoms with van der Waals surface area (Å²) in [7, 11) is 0. The minimum Gasteiger partial charge on any atom is -0.379 e. The molecule has 1 aliphatic carbocycles. The molecule has 1 atom stereocenters. The molecule has 0 amide bonds. The van der Waals surface area contributed by atoms with Gasteiger partial charge in [0.2, 0.25) is 0 Å². The first-order chi connectivity index (χ1) is 9.85. The maximum atomic E-state index is 5.77. The summed E-state index contributed by atoms with van der Waals surface area (Å²) >= 11 is 0. The van der Waals surface area contributed by atoms with Crippen molar-refractivity contribution >= 4 is 0 Å². The van der Waals surface area contributed by atoms with E-state index in [1.807, 2.05) is 0 Å². The molecule has 0 radical (unpaired) electrons. The molecular formula is C18H29NO. The minimum atomic E-state index is 0.335. The molecule has 20 heavy (non-hydrogen) atoms. The highest BCUT2D eigenvalue weighted by Crippen LogP contribution is 2.37. The number of rotatable bonds is 9. The summed E-state index contributed by atoms with van der Waals surface area (Å²) in [4.78, 5) is 0. The van der Waals surface area contributed by atoms with Crippen molar-refractivity contribution in [2.45, 2.75) is 57.9 Å². The van der Waals surface area contributed by atoms with Crippen LogP contribution in [-0.2, 0) is 4.74 Å². The van der Waals surface area contributed by atoms with Crippen LogP contribution in [0.4, 0.5) is 0 Å². The fraction of sp³-hybridized carbons (Fsp3) is 0.667. The third-order valence-corrected chi connectivity index (χ3v) is 4.16. The van der Waals surface area contributed by atoms with Crippen molar-refractivity contribution in [3.8, 4) is 0 Å². The van der Waals surface area contributed by atoms with Gasteiger partial charge in [0.1, 0.15) is 0 Å². The first kappa shape index (κ1) is 15.5. The Hall–Kier alpha value is -0.860. The van der Waals surface area contributed by atoms with Crippen LogP contribution in [0.2, 0.25) is 0 Å². The second kappa shape index (κ2) is 8.43. The second-order valence-corrected chi connectivity index (χ2v) is 5.88. The van der Waals surface area contributed by atoms with Crippen LogP contribution in [0.5, 0.6) is 0 Å². The van der Waals surface area contributed by atoms with Crippen molar-refractivity contribution in [3.05, 3.63) is 35.4 Å². The van der Waals surface area contributed by atoms with E-state index in [9.17, 15) is 0 Å². The summed E-state index contributed by atoms with van der Waals surface area (Å²) in [6.07, 6.45) is 6.37. The van der Waals surface area contributed by atoms with Gasteiger partial charge in [0.25, 0.3) is 0 Å². The van der Waals surface area contributed by atoms with Gasteiger partial charge in [0.05, 0.1) is 12.6 Å². The summed E-state index contributed by atoms with van der Waals surface area (Å²) in [5.41, 5.74) is 2.91. The zero-order valence-corrected chi connectivity index (χ0v) is 13.0. The largest absolute Gasteiger partial charge is 0.379 e. The third kappa shape index (κ3) is 4.32. The third-order valence-electron chi connectivity index (χ3n) is 4.16. The van der Waals surface area contributed by atoms with Crippen LogP contribution in [0, 0.1) is 0 Å². The molecule has 1 fully saturated rings. The van der Waals surface area contributed by atoms with Gasteiger partial charge in [-0.2, -0.15) is 0 Å². The normalized spacial score (nSPS) is 16.9. The van der Waals surface area contributed by atoms with Crippen LogP contribution in [0.15, 0.2) is 24.3 Å². The van der Waals surface area contributed by atoms with Gasteiger partial charge in [0, 0.05) is 6.61 Å². The molecule has 0 aromatic heterocycles. The highest BCUT2D eigenvalue weighted by atomic mass is 16.5. The van der Waals surface area contributed by atoms with E-state index in [1.54, 1.807) is 0 Å². The minimum absolute atomic E-state index is 0.335. The van der Waals surface area contributed by atoms with Gasteiger partial charge in [0.15, 0.2) is 0 Å². The number of hydrogen-bond acceptors (Lipinski definition) is 2. The van der Waals surface area contributed by atoms with E-state index in [4.69, 9.17) is 4.74 Å². The summed E-state index contributed by atoms with van der Waals surface area (Å²) < 4.78 is 5.77. The first-order valence-electron chi connectivity index (χ1n) is 8.26. The highest BCUT2D eigenvalue weighted by Gasteiger charge is 2.20. The molecular weight excluding hydrogens is 246 g/mol. The lowest BCUT2D eigenvalue weighted by Gasteiger charge is -2.27. The molecule has 0 bridgehead atoms. The average molecular weight is 275 g/mol. The second-order valence-electron chi connectivity index (χ2n) is 5.88. The van der Waals surface area contributed by atoms with Crippen molar-refractivity contribution < 1.29 is 4.74 Å². The van der Waals surface area contributed by atoms with Crippen molar-refractivity contribution in [1.82, 2.24) is 5.32 Å². The molecule has 1 aliphatic rings. The lowest BCUT2D eigenvalue weighted by Crippen LogP contribution is -2.26. The van der Waals surface area contributed by atoms with Gasteiger partial charge in [-0.3, -0.25) is 0 Å². The Morgan fingerprint density at radius 2 is 2.10 bits per heavy atom. The highest BCUT2D eigenvalue weighted by molar-refractivity contribution is 5.29. The maximum Gasteiger partial charge on any atom is 0.0661 e. The van der Waals surface area contributed by atoms with Gasteiger partial charge in [-0.1, -0.05) is 44.5 Å². The van der Waals surface area contributed by atoms with Gasteiger partial charge >= 0.3 is 0 Å². The summed E-state index contributed by atoms with van der Waals surface area (Å²) in [6.45, 7) is 7.05. The van der Waals surface area contributed by atoms with Gasteiger partial charge < -0.3 is 10.1 Å². The van der Waals surface area contributed by atoms with Crippen LogP contribution in [0.25, 0.3) is 0 Å². The van der Waals surface area contributed by atoms with E-state index in [0.29, 0.717) is 6.04 Å². The molecule has 1 saturated carbocycles. The maximum absolute atomic E-state index is 5.77. The van der Waals surface area contributed by atoms with Crippen molar-refractivity contribution in [2.75, 3.05) is 19.8 Å². The van der Waals surface area contributed by atoms with Crippen molar-refractivity contribution in [1.29, 1.82) is 0 Å². The van der Waals surface area contributed by atoms with Crippen LogP contribution < -0.4 is 5.32 Å². The number of hydrogen-bond donors (Lipinski definition) is 1. The topological polar surface area (TPSA) is 21.3 Å². The zero-order chi connectivity index (χ0) is 14.2. The molecule has 2 rings (SSSR count). The van der Waals surface area contributed by atoms with E-state index in [2.05, 4.69) is 43.4 Å². The summed E-state index contributed by atoms with van der Waals surface area (Å²) in [5.74, 6) is 0.804.